The minimum Gasteiger partial charge on any atom is -0.352 e. The second kappa shape index (κ2) is 10.2. The van der Waals surface area contributed by atoms with Gasteiger partial charge in [-0.2, -0.15) is 0 Å². The summed E-state index contributed by atoms with van der Waals surface area (Å²) in [6, 6.07) is 0.163. The molecule has 0 fully saturated rings. The highest BCUT2D eigenvalue weighted by molar-refractivity contribution is 5.85. The van der Waals surface area contributed by atoms with Crippen LogP contribution in [0.4, 0.5) is 0 Å². The van der Waals surface area contributed by atoms with Gasteiger partial charge in [0.25, 0.3) is 0 Å². The lowest BCUT2D eigenvalue weighted by Gasteiger charge is -2.18. The first-order valence-electron chi connectivity index (χ1n) is 5.66. The SMILES string of the molecule is CCCCC(CN)NC(=O)C(C)CC.Cl. The second-order valence-electron chi connectivity index (χ2n) is 3.89. The van der Waals surface area contributed by atoms with E-state index in [0.717, 1.165) is 25.7 Å². The zero-order valence-electron chi connectivity index (χ0n) is 10.1. The van der Waals surface area contributed by atoms with Crippen molar-refractivity contribution < 1.29 is 4.79 Å². The van der Waals surface area contributed by atoms with Crippen molar-refractivity contribution in [3.63, 3.8) is 0 Å². The normalized spacial score (nSPS) is 13.9. The first-order valence-corrected chi connectivity index (χ1v) is 5.66. The third kappa shape index (κ3) is 7.63. The van der Waals surface area contributed by atoms with E-state index in [2.05, 4.69) is 12.2 Å². The van der Waals surface area contributed by atoms with Gasteiger partial charge in [0.15, 0.2) is 0 Å². The predicted octanol–water partition coefficient (Wildman–Crippen LogP) is 2.09. The minimum atomic E-state index is 0. The molecule has 1 amide bonds. The third-order valence-electron chi connectivity index (χ3n) is 2.60. The lowest BCUT2D eigenvalue weighted by Crippen LogP contribution is -2.42. The molecule has 0 saturated carbocycles. The van der Waals surface area contributed by atoms with Crippen LogP contribution in [-0.4, -0.2) is 18.5 Å². The van der Waals surface area contributed by atoms with Gasteiger partial charge < -0.3 is 11.1 Å². The molecule has 15 heavy (non-hydrogen) atoms. The van der Waals surface area contributed by atoms with Crippen molar-refractivity contribution in [1.29, 1.82) is 0 Å². The van der Waals surface area contributed by atoms with Crippen LogP contribution in [0.1, 0.15) is 46.5 Å². The minimum absolute atomic E-state index is 0. The van der Waals surface area contributed by atoms with Crippen molar-refractivity contribution >= 4 is 18.3 Å². The molecule has 0 saturated heterocycles. The molecule has 2 atom stereocenters. The lowest BCUT2D eigenvalue weighted by molar-refractivity contribution is -0.125. The number of hydrogen-bond acceptors (Lipinski definition) is 2. The molecule has 0 aliphatic rings. The Hall–Kier alpha value is -0.280. The van der Waals surface area contributed by atoms with Gasteiger partial charge in [0.2, 0.25) is 5.91 Å². The highest BCUT2D eigenvalue weighted by atomic mass is 35.5. The summed E-state index contributed by atoms with van der Waals surface area (Å²) in [6.45, 7) is 6.66. The van der Waals surface area contributed by atoms with Gasteiger partial charge in [-0.1, -0.05) is 33.6 Å². The summed E-state index contributed by atoms with van der Waals surface area (Å²) in [4.78, 5) is 11.5. The average molecular weight is 237 g/mol. The monoisotopic (exact) mass is 236 g/mol. The maximum absolute atomic E-state index is 11.5. The Bertz CT molecular complexity index is 165. The van der Waals surface area contributed by atoms with E-state index in [9.17, 15) is 4.79 Å². The van der Waals surface area contributed by atoms with Crippen LogP contribution in [0.3, 0.4) is 0 Å². The molecule has 0 spiro atoms. The van der Waals surface area contributed by atoms with Crippen LogP contribution in [0.5, 0.6) is 0 Å². The largest absolute Gasteiger partial charge is 0.352 e. The number of halogens is 1. The molecule has 0 bridgehead atoms. The highest BCUT2D eigenvalue weighted by Crippen LogP contribution is 2.04. The molecule has 0 heterocycles. The predicted molar refractivity (Wildman–Crippen MR) is 67.2 cm³/mol. The molecule has 0 radical (unpaired) electrons. The fourth-order valence-corrected chi connectivity index (χ4v) is 1.23. The molecule has 3 nitrogen and oxygen atoms in total. The van der Waals surface area contributed by atoms with E-state index in [1.165, 1.54) is 0 Å². The van der Waals surface area contributed by atoms with Gasteiger partial charge >= 0.3 is 0 Å². The fourth-order valence-electron chi connectivity index (χ4n) is 1.23. The summed E-state index contributed by atoms with van der Waals surface area (Å²) in [7, 11) is 0. The van der Waals surface area contributed by atoms with E-state index in [4.69, 9.17) is 5.73 Å². The zero-order valence-corrected chi connectivity index (χ0v) is 10.9. The molecular formula is C11H25ClN2O. The van der Waals surface area contributed by atoms with Crippen molar-refractivity contribution in [1.82, 2.24) is 5.32 Å². The van der Waals surface area contributed by atoms with Crippen molar-refractivity contribution in [2.45, 2.75) is 52.5 Å². The Kier molecular flexibility index (Phi) is 11.7. The summed E-state index contributed by atoms with van der Waals surface area (Å²) in [5.74, 6) is 0.240. The fraction of sp³-hybridized carbons (Fsp3) is 0.909. The van der Waals surface area contributed by atoms with Crippen LogP contribution in [0, 0.1) is 5.92 Å². The Morgan fingerprint density at radius 1 is 1.40 bits per heavy atom. The van der Waals surface area contributed by atoms with Crippen LogP contribution in [0.2, 0.25) is 0 Å². The van der Waals surface area contributed by atoms with Crippen molar-refractivity contribution in [2.75, 3.05) is 6.54 Å². The maximum Gasteiger partial charge on any atom is 0.223 e. The number of amides is 1. The van der Waals surface area contributed by atoms with Gasteiger partial charge in [0.1, 0.15) is 0 Å². The van der Waals surface area contributed by atoms with Crippen LogP contribution in [-0.2, 0) is 4.79 Å². The maximum atomic E-state index is 11.5. The first-order chi connectivity index (χ1) is 6.65. The Labute approximate surface area is 99.6 Å². The first kappa shape index (κ1) is 17.1. The highest BCUT2D eigenvalue weighted by Gasteiger charge is 2.14. The summed E-state index contributed by atoms with van der Waals surface area (Å²) in [6.07, 6.45) is 4.16. The standard InChI is InChI=1S/C11H24N2O.ClH/c1-4-6-7-10(8-12)13-11(14)9(3)5-2;/h9-10H,4-8,12H2,1-3H3,(H,13,14);1H. The lowest BCUT2D eigenvalue weighted by atomic mass is 10.1. The number of unbranched alkanes of at least 4 members (excludes halogenated alkanes) is 1. The molecular weight excluding hydrogens is 212 g/mol. The number of nitrogens with two attached hydrogens (primary N) is 1. The molecule has 0 aliphatic carbocycles. The van der Waals surface area contributed by atoms with Crippen LogP contribution < -0.4 is 11.1 Å². The average Bonchev–Trinajstić information content (AvgIpc) is 2.22. The van der Waals surface area contributed by atoms with Gasteiger partial charge in [-0.05, 0) is 12.8 Å². The second-order valence-corrected chi connectivity index (χ2v) is 3.89. The van der Waals surface area contributed by atoms with Gasteiger partial charge in [0, 0.05) is 18.5 Å². The van der Waals surface area contributed by atoms with E-state index in [-0.39, 0.29) is 30.3 Å². The molecule has 0 aromatic rings. The molecule has 2 unspecified atom stereocenters. The van der Waals surface area contributed by atoms with E-state index >= 15 is 0 Å². The molecule has 4 heteroatoms. The molecule has 92 valence electrons. The van der Waals surface area contributed by atoms with Crippen LogP contribution >= 0.6 is 12.4 Å². The summed E-state index contributed by atoms with van der Waals surface area (Å²) in [5, 5.41) is 2.99. The van der Waals surface area contributed by atoms with Gasteiger partial charge in [0.05, 0.1) is 0 Å². The van der Waals surface area contributed by atoms with Crippen LogP contribution in [0.15, 0.2) is 0 Å². The third-order valence-corrected chi connectivity index (χ3v) is 2.60. The molecule has 0 aromatic carbocycles. The van der Waals surface area contributed by atoms with Gasteiger partial charge in [-0.25, -0.2) is 0 Å². The number of rotatable bonds is 7. The van der Waals surface area contributed by atoms with E-state index in [1.54, 1.807) is 0 Å². The summed E-state index contributed by atoms with van der Waals surface area (Å²) in [5.41, 5.74) is 5.59. The Morgan fingerprint density at radius 3 is 2.40 bits per heavy atom. The quantitative estimate of drug-likeness (QED) is 0.711. The van der Waals surface area contributed by atoms with Gasteiger partial charge in [-0.15, -0.1) is 12.4 Å². The molecule has 0 rings (SSSR count). The molecule has 0 aliphatic heterocycles. The number of carbonyl (C=O) groups excluding carboxylic acids is 1. The van der Waals surface area contributed by atoms with Crippen molar-refractivity contribution in [3.05, 3.63) is 0 Å². The number of nitrogens with one attached hydrogen (secondary N) is 1. The van der Waals surface area contributed by atoms with E-state index < -0.39 is 0 Å². The molecule has 3 N–H and O–H groups in total. The Morgan fingerprint density at radius 2 is 2.00 bits per heavy atom. The molecule has 0 aromatic heterocycles. The van der Waals surface area contributed by atoms with Gasteiger partial charge in [-0.3, -0.25) is 4.79 Å². The van der Waals surface area contributed by atoms with E-state index in [1.807, 2.05) is 13.8 Å². The summed E-state index contributed by atoms with van der Waals surface area (Å²) >= 11 is 0. The van der Waals surface area contributed by atoms with Crippen molar-refractivity contribution in [3.8, 4) is 0 Å². The Balaban J connectivity index is 0. The van der Waals surface area contributed by atoms with Crippen molar-refractivity contribution in [2.24, 2.45) is 11.7 Å². The topological polar surface area (TPSA) is 55.1 Å². The van der Waals surface area contributed by atoms with Crippen LogP contribution in [0.25, 0.3) is 0 Å². The number of hydrogen-bond donors (Lipinski definition) is 2. The van der Waals surface area contributed by atoms with E-state index in [0.29, 0.717) is 6.54 Å². The smallest absolute Gasteiger partial charge is 0.223 e. The summed E-state index contributed by atoms with van der Waals surface area (Å²) < 4.78 is 0. The number of carbonyl (C=O) groups is 1. The zero-order chi connectivity index (χ0) is 11.0.